The van der Waals surface area contributed by atoms with E-state index in [1.807, 2.05) is 44.2 Å². The maximum Gasteiger partial charge on any atom is 0.313 e. The first-order valence-electron chi connectivity index (χ1n) is 6.90. The van der Waals surface area contributed by atoms with Crippen molar-refractivity contribution in [1.29, 1.82) is 0 Å². The maximum absolute atomic E-state index is 12.0. The molecule has 0 amide bonds. The van der Waals surface area contributed by atoms with Gasteiger partial charge >= 0.3 is 5.97 Å². The van der Waals surface area contributed by atoms with Crippen LogP contribution in [0.2, 0.25) is 0 Å². The molecule has 0 unspecified atom stereocenters. The first-order valence-corrected chi connectivity index (χ1v) is 6.90. The third-order valence-electron chi connectivity index (χ3n) is 3.18. The second-order valence-corrected chi connectivity index (χ2v) is 4.88. The zero-order valence-electron chi connectivity index (χ0n) is 11.7. The lowest BCUT2D eigenvalue weighted by Crippen LogP contribution is -2.19. The van der Waals surface area contributed by atoms with Crippen LogP contribution in [0.1, 0.15) is 57.9 Å². The van der Waals surface area contributed by atoms with Crippen LogP contribution in [0.15, 0.2) is 30.3 Å². The Labute approximate surface area is 110 Å². The highest BCUT2D eigenvalue weighted by Gasteiger charge is 2.18. The van der Waals surface area contributed by atoms with Crippen molar-refractivity contribution >= 4 is 5.97 Å². The minimum absolute atomic E-state index is 0.0233. The van der Waals surface area contributed by atoms with Crippen molar-refractivity contribution in [2.45, 2.75) is 58.5 Å². The summed E-state index contributed by atoms with van der Waals surface area (Å²) in [6.07, 6.45) is 4.51. The summed E-state index contributed by atoms with van der Waals surface area (Å²) < 4.78 is 5.47. The van der Waals surface area contributed by atoms with Crippen LogP contribution in [-0.4, -0.2) is 12.1 Å². The number of ether oxygens (including phenoxy) is 1. The van der Waals surface area contributed by atoms with Gasteiger partial charge in [0.15, 0.2) is 0 Å². The zero-order chi connectivity index (χ0) is 13.4. The number of benzene rings is 1. The summed E-state index contributed by atoms with van der Waals surface area (Å²) in [4.78, 5) is 12.0. The highest BCUT2D eigenvalue weighted by molar-refractivity contribution is 5.77. The number of hydrogen-bond donors (Lipinski definition) is 0. The number of carbonyl (C=O) groups excluding carboxylic acids is 1. The number of rotatable bonds is 7. The predicted octanol–water partition coefficient (Wildman–Crippen LogP) is 4.30. The van der Waals surface area contributed by atoms with Gasteiger partial charge in [-0.05, 0) is 32.3 Å². The lowest BCUT2D eigenvalue weighted by molar-refractivity contribution is -0.150. The van der Waals surface area contributed by atoms with Crippen LogP contribution < -0.4 is 0 Å². The van der Waals surface area contributed by atoms with E-state index >= 15 is 0 Å². The van der Waals surface area contributed by atoms with Gasteiger partial charge in [-0.25, -0.2) is 0 Å². The molecule has 0 aliphatic carbocycles. The van der Waals surface area contributed by atoms with Crippen LogP contribution in [0.4, 0.5) is 0 Å². The van der Waals surface area contributed by atoms with E-state index in [0.29, 0.717) is 0 Å². The Hall–Kier alpha value is -1.31. The first kappa shape index (κ1) is 14.7. The van der Waals surface area contributed by atoms with Gasteiger partial charge in [-0.15, -0.1) is 0 Å². The second kappa shape index (κ2) is 7.91. The lowest BCUT2D eigenvalue weighted by Gasteiger charge is -2.17. The molecule has 0 heterocycles. The zero-order valence-corrected chi connectivity index (χ0v) is 11.7. The van der Waals surface area contributed by atoms with Crippen LogP contribution in [0.5, 0.6) is 0 Å². The fourth-order valence-corrected chi connectivity index (χ4v) is 1.92. The Bertz CT molecular complexity index is 345. The minimum Gasteiger partial charge on any atom is -0.462 e. The van der Waals surface area contributed by atoms with Crippen molar-refractivity contribution in [3.63, 3.8) is 0 Å². The average molecular weight is 248 g/mol. The number of hydrogen-bond acceptors (Lipinski definition) is 2. The normalized spacial score (nSPS) is 13.9. The average Bonchev–Trinajstić information content (AvgIpc) is 2.39. The molecule has 1 rings (SSSR count). The highest BCUT2D eigenvalue weighted by Crippen LogP contribution is 2.18. The van der Waals surface area contributed by atoms with E-state index in [-0.39, 0.29) is 18.0 Å². The monoisotopic (exact) mass is 248 g/mol. The third kappa shape index (κ3) is 4.91. The number of esters is 1. The van der Waals surface area contributed by atoms with Crippen molar-refractivity contribution in [1.82, 2.24) is 0 Å². The van der Waals surface area contributed by atoms with Gasteiger partial charge in [-0.3, -0.25) is 4.79 Å². The molecule has 0 saturated carbocycles. The molecule has 0 radical (unpaired) electrons. The molecule has 0 N–H and O–H groups in total. The van der Waals surface area contributed by atoms with Crippen LogP contribution >= 0.6 is 0 Å². The molecule has 0 bridgehead atoms. The van der Waals surface area contributed by atoms with E-state index in [4.69, 9.17) is 4.74 Å². The van der Waals surface area contributed by atoms with E-state index in [1.54, 1.807) is 0 Å². The van der Waals surface area contributed by atoms with Gasteiger partial charge in [0.25, 0.3) is 0 Å². The largest absolute Gasteiger partial charge is 0.462 e. The molecule has 0 aliphatic rings. The molecule has 0 aromatic heterocycles. The lowest BCUT2D eigenvalue weighted by atomic mass is 10.0. The number of unbranched alkanes of at least 4 members (excludes halogenated alkanes) is 2. The number of carbonyl (C=O) groups is 1. The van der Waals surface area contributed by atoms with E-state index in [2.05, 4.69) is 6.92 Å². The van der Waals surface area contributed by atoms with Crippen LogP contribution in [-0.2, 0) is 9.53 Å². The molecule has 1 aromatic rings. The van der Waals surface area contributed by atoms with Crippen LogP contribution in [0.3, 0.4) is 0 Å². The van der Waals surface area contributed by atoms with E-state index in [1.165, 1.54) is 12.8 Å². The summed E-state index contributed by atoms with van der Waals surface area (Å²) in [6, 6.07) is 9.78. The standard InChI is InChI=1S/C16H24O2/c1-4-5-7-10-13(2)18-16(17)14(3)15-11-8-6-9-12-15/h6,8-9,11-14H,4-5,7,10H2,1-3H3/t13-,14+/m0/s1. The highest BCUT2D eigenvalue weighted by atomic mass is 16.5. The first-order chi connectivity index (χ1) is 8.65. The Morgan fingerprint density at radius 3 is 2.44 bits per heavy atom. The molecular formula is C16H24O2. The van der Waals surface area contributed by atoms with Crippen molar-refractivity contribution in [3.8, 4) is 0 Å². The fourth-order valence-electron chi connectivity index (χ4n) is 1.92. The second-order valence-electron chi connectivity index (χ2n) is 4.88. The quantitative estimate of drug-likeness (QED) is 0.531. The summed E-state index contributed by atoms with van der Waals surface area (Å²) in [5.74, 6) is -0.301. The predicted molar refractivity (Wildman–Crippen MR) is 74.6 cm³/mol. The summed E-state index contributed by atoms with van der Waals surface area (Å²) in [5.41, 5.74) is 1.02. The van der Waals surface area contributed by atoms with E-state index < -0.39 is 0 Å². The van der Waals surface area contributed by atoms with Gasteiger partial charge in [0.2, 0.25) is 0 Å². The molecular weight excluding hydrogens is 224 g/mol. The maximum atomic E-state index is 12.0. The Morgan fingerprint density at radius 1 is 1.17 bits per heavy atom. The summed E-state index contributed by atoms with van der Waals surface area (Å²) in [5, 5.41) is 0. The van der Waals surface area contributed by atoms with Crippen molar-refractivity contribution < 1.29 is 9.53 Å². The van der Waals surface area contributed by atoms with E-state index in [9.17, 15) is 4.79 Å². The van der Waals surface area contributed by atoms with Gasteiger partial charge in [0.05, 0.1) is 12.0 Å². The van der Waals surface area contributed by atoms with Crippen molar-refractivity contribution in [2.75, 3.05) is 0 Å². The Balaban J connectivity index is 2.40. The van der Waals surface area contributed by atoms with Gasteiger partial charge < -0.3 is 4.74 Å². The molecule has 2 heteroatoms. The molecule has 2 atom stereocenters. The van der Waals surface area contributed by atoms with Gasteiger partial charge in [-0.1, -0.05) is 50.1 Å². The molecule has 100 valence electrons. The summed E-state index contributed by atoms with van der Waals surface area (Å²) >= 11 is 0. The molecule has 18 heavy (non-hydrogen) atoms. The third-order valence-corrected chi connectivity index (χ3v) is 3.18. The van der Waals surface area contributed by atoms with Crippen LogP contribution in [0.25, 0.3) is 0 Å². The molecule has 0 spiro atoms. The van der Waals surface area contributed by atoms with Gasteiger partial charge in [0, 0.05) is 0 Å². The Kier molecular flexibility index (Phi) is 6.48. The smallest absolute Gasteiger partial charge is 0.313 e. The van der Waals surface area contributed by atoms with Gasteiger partial charge in [0.1, 0.15) is 0 Å². The fraction of sp³-hybridized carbons (Fsp3) is 0.562. The molecule has 0 saturated heterocycles. The molecule has 2 nitrogen and oxygen atoms in total. The Morgan fingerprint density at radius 2 is 1.83 bits per heavy atom. The summed E-state index contributed by atoms with van der Waals surface area (Å²) in [6.45, 7) is 6.05. The topological polar surface area (TPSA) is 26.3 Å². The molecule has 1 aromatic carbocycles. The van der Waals surface area contributed by atoms with Crippen molar-refractivity contribution in [3.05, 3.63) is 35.9 Å². The van der Waals surface area contributed by atoms with Gasteiger partial charge in [-0.2, -0.15) is 0 Å². The van der Waals surface area contributed by atoms with E-state index in [0.717, 1.165) is 18.4 Å². The van der Waals surface area contributed by atoms with Crippen LogP contribution in [0, 0.1) is 0 Å². The minimum atomic E-state index is -0.181. The molecule has 0 fully saturated rings. The summed E-state index contributed by atoms with van der Waals surface area (Å²) in [7, 11) is 0. The van der Waals surface area contributed by atoms with Crippen molar-refractivity contribution in [2.24, 2.45) is 0 Å². The molecule has 0 aliphatic heterocycles. The SMILES string of the molecule is CCCCC[C@H](C)OC(=O)[C@H](C)c1ccccc1.